The molecule has 0 unspecified atom stereocenters. The van der Waals surface area contributed by atoms with Crippen molar-refractivity contribution in [1.29, 1.82) is 0 Å². The van der Waals surface area contributed by atoms with Crippen molar-refractivity contribution in [2.45, 2.75) is 51.2 Å². The van der Waals surface area contributed by atoms with Gasteiger partial charge in [-0.2, -0.15) is 0 Å². The molecule has 1 saturated carbocycles. The van der Waals surface area contributed by atoms with Crippen LogP contribution in [0.25, 0.3) is 0 Å². The quantitative estimate of drug-likeness (QED) is 0.852. The Labute approximate surface area is 125 Å². The molecule has 1 aliphatic heterocycles. The summed E-state index contributed by atoms with van der Waals surface area (Å²) in [5.41, 5.74) is 0.939. The Morgan fingerprint density at radius 2 is 1.90 bits per heavy atom. The highest BCUT2D eigenvalue weighted by Crippen LogP contribution is 2.34. The average molecular weight is 287 g/mol. The highest BCUT2D eigenvalue weighted by molar-refractivity contribution is 5.93. The molecule has 0 spiro atoms. The number of carbonyl (C=O) groups excluding carboxylic acids is 2. The Morgan fingerprint density at radius 1 is 1.24 bits per heavy atom. The lowest BCUT2D eigenvalue weighted by Crippen LogP contribution is -2.38. The molecule has 0 N–H and O–H groups in total. The van der Waals surface area contributed by atoms with Gasteiger partial charge in [0.05, 0.1) is 6.04 Å². The summed E-state index contributed by atoms with van der Waals surface area (Å²) >= 11 is 0. The molecule has 4 heteroatoms. The van der Waals surface area contributed by atoms with Gasteiger partial charge in [0.2, 0.25) is 5.91 Å². The van der Waals surface area contributed by atoms with Crippen molar-refractivity contribution in [3.8, 4) is 0 Å². The van der Waals surface area contributed by atoms with Crippen LogP contribution in [0.4, 0.5) is 4.79 Å². The van der Waals surface area contributed by atoms with E-state index in [0.29, 0.717) is 12.3 Å². The van der Waals surface area contributed by atoms with Gasteiger partial charge in [0.1, 0.15) is 6.10 Å². The van der Waals surface area contributed by atoms with Crippen LogP contribution in [0.1, 0.15) is 50.7 Å². The lowest BCUT2D eigenvalue weighted by atomic mass is 10.0. The van der Waals surface area contributed by atoms with E-state index in [0.717, 1.165) is 18.4 Å². The molecule has 2 atom stereocenters. The minimum atomic E-state index is -0.501. The minimum absolute atomic E-state index is 0.0853. The molecule has 1 heterocycles. The van der Waals surface area contributed by atoms with Crippen LogP contribution in [0.3, 0.4) is 0 Å². The van der Waals surface area contributed by atoms with Gasteiger partial charge in [0.15, 0.2) is 0 Å². The first kappa shape index (κ1) is 14.1. The van der Waals surface area contributed by atoms with Crippen LogP contribution >= 0.6 is 0 Å². The van der Waals surface area contributed by atoms with Crippen LogP contribution in [0.5, 0.6) is 0 Å². The number of imide groups is 1. The number of hydrogen-bond donors (Lipinski definition) is 0. The van der Waals surface area contributed by atoms with Gasteiger partial charge in [-0.05, 0) is 31.2 Å². The normalized spacial score (nSPS) is 26.1. The van der Waals surface area contributed by atoms with E-state index in [4.69, 9.17) is 4.74 Å². The SMILES string of the molecule is C[C@@H]1[C@H](c2ccccc2)OC(=O)N1C(=O)CC1CCCC1. The van der Waals surface area contributed by atoms with E-state index in [-0.39, 0.29) is 18.1 Å². The zero-order valence-electron chi connectivity index (χ0n) is 12.3. The lowest BCUT2D eigenvalue weighted by molar-refractivity contribution is -0.130. The van der Waals surface area contributed by atoms with Gasteiger partial charge in [0, 0.05) is 6.42 Å². The third-order valence-electron chi connectivity index (χ3n) is 4.60. The minimum Gasteiger partial charge on any atom is -0.439 e. The summed E-state index contributed by atoms with van der Waals surface area (Å²) < 4.78 is 5.42. The Hall–Kier alpha value is -1.84. The highest BCUT2D eigenvalue weighted by atomic mass is 16.6. The van der Waals surface area contributed by atoms with Gasteiger partial charge in [-0.25, -0.2) is 9.69 Å². The second-order valence-corrected chi connectivity index (χ2v) is 6.07. The number of nitrogens with zero attached hydrogens (tertiary/aromatic N) is 1. The molecule has 0 radical (unpaired) electrons. The maximum atomic E-state index is 12.4. The van der Waals surface area contributed by atoms with Crippen LogP contribution < -0.4 is 0 Å². The van der Waals surface area contributed by atoms with Crippen molar-refractivity contribution < 1.29 is 14.3 Å². The zero-order chi connectivity index (χ0) is 14.8. The van der Waals surface area contributed by atoms with Crippen LogP contribution in [0.15, 0.2) is 30.3 Å². The van der Waals surface area contributed by atoms with Crippen molar-refractivity contribution in [2.75, 3.05) is 0 Å². The Morgan fingerprint density at radius 3 is 2.57 bits per heavy atom. The van der Waals surface area contributed by atoms with E-state index in [1.807, 2.05) is 37.3 Å². The topological polar surface area (TPSA) is 46.6 Å². The fourth-order valence-corrected chi connectivity index (χ4v) is 3.44. The van der Waals surface area contributed by atoms with Gasteiger partial charge in [-0.3, -0.25) is 4.79 Å². The number of carbonyl (C=O) groups is 2. The molecule has 1 aliphatic carbocycles. The summed E-state index contributed by atoms with van der Waals surface area (Å²) in [6, 6.07) is 9.37. The summed E-state index contributed by atoms with van der Waals surface area (Å²) in [7, 11) is 0. The summed E-state index contributed by atoms with van der Waals surface area (Å²) in [5.74, 6) is 0.353. The predicted molar refractivity (Wildman–Crippen MR) is 78.5 cm³/mol. The van der Waals surface area contributed by atoms with Crippen molar-refractivity contribution in [1.82, 2.24) is 4.90 Å². The molecule has 21 heavy (non-hydrogen) atoms. The largest absolute Gasteiger partial charge is 0.439 e. The smallest absolute Gasteiger partial charge is 0.417 e. The molecule has 3 rings (SSSR count). The Kier molecular flexibility index (Phi) is 3.95. The molecule has 2 amide bonds. The van der Waals surface area contributed by atoms with Crippen LogP contribution in [-0.2, 0) is 9.53 Å². The van der Waals surface area contributed by atoms with E-state index in [9.17, 15) is 9.59 Å². The van der Waals surface area contributed by atoms with Crippen molar-refractivity contribution >= 4 is 12.0 Å². The molecule has 0 bridgehead atoms. The monoisotopic (exact) mass is 287 g/mol. The van der Waals surface area contributed by atoms with E-state index in [1.54, 1.807) is 0 Å². The van der Waals surface area contributed by atoms with E-state index in [2.05, 4.69) is 0 Å². The number of amides is 2. The van der Waals surface area contributed by atoms with E-state index >= 15 is 0 Å². The molecule has 2 aliphatic rings. The lowest BCUT2D eigenvalue weighted by Gasteiger charge is -2.20. The van der Waals surface area contributed by atoms with Crippen molar-refractivity contribution in [3.63, 3.8) is 0 Å². The third kappa shape index (κ3) is 2.80. The molecule has 0 aromatic heterocycles. The maximum absolute atomic E-state index is 12.4. The maximum Gasteiger partial charge on any atom is 0.417 e. The number of hydrogen-bond acceptors (Lipinski definition) is 3. The fraction of sp³-hybridized carbons (Fsp3) is 0.529. The summed E-state index contributed by atoms with van der Waals surface area (Å²) in [6.45, 7) is 1.88. The number of benzene rings is 1. The number of cyclic esters (lactones) is 1. The van der Waals surface area contributed by atoms with Crippen LogP contribution in [-0.4, -0.2) is 22.9 Å². The van der Waals surface area contributed by atoms with Gasteiger partial charge in [-0.15, -0.1) is 0 Å². The van der Waals surface area contributed by atoms with Gasteiger partial charge < -0.3 is 4.74 Å². The van der Waals surface area contributed by atoms with E-state index in [1.165, 1.54) is 17.7 Å². The average Bonchev–Trinajstić information content (AvgIpc) is 3.08. The first-order valence-corrected chi connectivity index (χ1v) is 7.74. The Balaban J connectivity index is 1.71. The molecule has 2 fully saturated rings. The first-order valence-electron chi connectivity index (χ1n) is 7.74. The zero-order valence-corrected chi connectivity index (χ0v) is 12.3. The second-order valence-electron chi connectivity index (χ2n) is 6.07. The van der Waals surface area contributed by atoms with Gasteiger partial charge in [-0.1, -0.05) is 43.2 Å². The number of rotatable bonds is 3. The number of ether oxygens (including phenoxy) is 1. The summed E-state index contributed by atoms with van der Waals surface area (Å²) in [4.78, 5) is 25.8. The summed E-state index contributed by atoms with van der Waals surface area (Å²) in [6.07, 6.45) is 4.22. The highest BCUT2D eigenvalue weighted by Gasteiger charge is 2.43. The van der Waals surface area contributed by atoms with Crippen molar-refractivity contribution in [3.05, 3.63) is 35.9 Å². The second kappa shape index (κ2) is 5.88. The van der Waals surface area contributed by atoms with Gasteiger partial charge >= 0.3 is 6.09 Å². The molecule has 1 aromatic carbocycles. The molecule has 1 saturated heterocycles. The molecule has 4 nitrogen and oxygen atoms in total. The molecular weight excluding hydrogens is 266 g/mol. The van der Waals surface area contributed by atoms with Crippen LogP contribution in [0.2, 0.25) is 0 Å². The fourth-order valence-electron chi connectivity index (χ4n) is 3.44. The molecule has 1 aromatic rings. The van der Waals surface area contributed by atoms with Gasteiger partial charge in [0.25, 0.3) is 0 Å². The van der Waals surface area contributed by atoms with E-state index < -0.39 is 6.09 Å². The van der Waals surface area contributed by atoms with Crippen LogP contribution in [0, 0.1) is 5.92 Å². The predicted octanol–water partition coefficient (Wildman–Crippen LogP) is 3.68. The van der Waals surface area contributed by atoms with Crippen molar-refractivity contribution in [2.24, 2.45) is 5.92 Å². The first-order chi connectivity index (χ1) is 10.2. The summed E-state index contributed by atoms with van der Waals surface area (Å²) in [5, 5.41) is 0. The Bertz CT molecular complexity index is 522. The molecule has 112 valence electrons. The standard InChI is InChI=1S/C17H21NO3/c1-12-16(14-9-3-2-4-10-14)21-17(20)18(12)15(19)11-13-7-5-6-8-13/h2-4,9-10,12-13,16H,5-8,11H2,1H3/t12-,16-/m1/s1. The third-order valence-corrected chi connectivity index (χ3v) is 4.60. The molecular formula is C17H21NO3.